The average Bonchev–Trinajstić information content (AvgIpc) is 2.31. The fourth-order valence-corrected chi connectivity index (χ4v) is 2.32. The van der Waals surface area contributed by atoms with E-state index in [2.05, 4.69) is 0 Å². The molecule has 0 aliphatic carbocycles. The van der Waals surface area contributed by atoms with Crippen LogP contribution in [0.5, 0.6) is 0 Å². The maximum Gasteiger partial charge on any atom is 0.0607 e. The number of nitrogens with two attached hydrogens (primary N) is 1. The molecule has 0 aromatic heterocycles. The fraction of sp³-hybridized carbons (Fsp3) is 0.0769. The number of benzene rings is 2. The second-order valence-electron chi connectivity index (χ2n) is 3.85. The van der Waals surface area contributed by atoms with Crippen molar-refractivity contribution in [2.75, 3.05) is 5.01 Å². The van der Waals surface area contributed by atoms with Crippen molar-refractivity contribution in [3.05, 3.63) is 63.1 Å². The van der Waals surface area contributed by atoms with Gasteiger partial charge in [-0.25, -0.2) is 5.84 Å². The smallest absolute Gasteiger partial charge is 0.0607 e. The first-order valence-electron chi connectivity index (χ1n) is 5.28. The SMILES string of the molecule is Cl.NN(Cc1ccccc1Cl)c1cc(Cl)cc(Cl)c1. The van der Waals surface area contributed by atoms with E-state index in [4.69, 9.17) is 40.6 Å². The van der Waals surface area contributed by atoms with Crippen LogP contribution >= 0.6 is 47.2 Å². The molecule has 2 nitrogen and oxygen atoms in total. The Labute approximate surface area is 133 Å². The first-order valence-corrected chi connectivity index (χ1v) is 6.41. The molecule has 0 radical (unpaired) electrons. The fourth-order valence-electron chi connectivity index (χ4n) is 1.61. The molecule has 2 aromatic carbocycles. The largest absolute Gasteiger partial charge is 0.306 e. The third-order valence-electron chi connectivity index (χ3n) is 2.48. The van der Waals surface area contributed by atoms with Gasteiger partial charge < -0.3 is 5.01 Å². The molecule has 2 rings (SSSR count). The summed E-state index contributed by atoms with van der Waals surface area (Å²) >= 11 is 18.0. The molecule has 0 aliphatic heterocycles. The van der Waals surface area contributed by atoms with Gasteiger partial charge in [-0.3, -0.25) is 0 Å². The molecule has 2 N–H and O–H groups in total. The number of anilines is 1. The van der Waals surface area contributed by atoms with Crippen molar-refractivity contribution in [1.82, 2.24) is 0 Å². The van der Waals surface area contributed by atoms with Crippen LogP contribution in [0, 0.1) is 0 Å². The van der Waals surface area contributed by atoms with Gasteiger partial charge in [-0.15, -0.1) is 12.4 Å². The molecule has 102 valence electrons. The van der Waals surface area contributed by atoms with E-state index < -0.39 is 0 Å². The van der Waals surface area contributed by atoms with E-state index in [-0.39, 0.29) is 12.4 Å². The lowest BCUT2D eigenvalue weighted by Crippen LogP contribution is -2.30. The average molecular weight is 338 g/mol. The number of hydrogen-bond donors (Lipinski definition) is 1. The van der Waals surface area contributed by atoms with Gasteiger partial charge in [-0.05, 0) is 29.8 Å². The monoisotopic (exact) mass is 336 g/mol. The van der Waals surface area contributed by atoms with Crippen LogP contribution in [0.25, 0.3) is 0 Å². The molecule has 0 unspecified atom stereocenters. The van der Waals surface area contributed by atoms with Gasteiger partial charge in [0.25, 0.3) is 0 Å². The summed E-state index contributed by atoms with van der Waals surface area (Å²) in [6.45, 7) is 0.482. The highest BCUT2D eigenvalue weighted by atomic mass is 35.5. The molecule has 0 spiro atoms. The summed E-state index contributed by atoms with van der Waals surface area (Å²) in [5, 5.41) is 3.33. The van der Waals surface area contributed by atoms with Gasteiger partial charge in [0.15, 0.2) is 0 Å². The standard InChI is InChI=1S/C13H11Cl3N2.ClH/c14-10-5-11(15)7-12(6-10)18(17)8-9-3-1-2-4-13(9)16;/h1-7H,8,17H2;1H. The number of hydrazine groups is 1. The quantitative estimate of drug-likeness (QED) is 0.634. The Morgan fingerprint density at radius 2 is 1.53 bits per heavy atom. The Morgan fingerprint density at radius 3 is 2.11 bits per heavy atom. The van der Waals surface area contributed by atoms with Gasteiger partial charge in [0.05, 0.1) is 12.2 Å². The molecule has 0 bridgehead atoms. The minimum absolute atomic E-state index is 0. The highest BCUT2D eigenvalue weighted by Crippen LogP contribution is 2.26. The summed E-state index contributed by atoms with van der Waals surface area (Å²) in [6.07, 6.45) is 0. The lowest BCUT2D eigenvalue weighted by molar-refractivity contribution is 0.853. The molecule has 0 heterocycles. The normalized spacial score (nSPS) is 9.89. The zero-order chi connectivity index (χ0) is 13.1. The van der Waals surface area contributed by atoms with Crippen LogP contribution in [0.1, 0.15) is 5.56 Å². The Kier molecular flexibility index (Phi) is 6.24. The Balaban J connectivity index is 0.00000180. The first kappa shape index (κ1) is 16.4. The molecule has 0 aliphatic rings. The highest BCUT2D eigenvalue weighted by molar-refractivity contribution is 6.35. The van der Waals surface area contributed by atoms with Crippen molar-refractivity contribution in [3.63, 3.8) is 0 Å². The minimum Gasteiger partial charge on any atom is -0.306 e. The summed E-state index contributed by atoms with van der Waals surface area (Å²) in [7, 11) is 0. The van der Waals surface area contributed by atoms with E-state index in [0.717, 1.165) is 11.3 Å². The molecule has 2 aromatic rings. The lowest BCUT2D eigenvalue weighted by atomic mass is 10.2. The van der Waals surface area contributed by atoms with Crippen LogP contribution in [-0.4, -0.2) is 0 Å². The summed E-state index contributed by atoms with van der Waals surface area (Å²) in [5.41, 5.74) is 1.69. The van der Waals surface area contributed by atoms with Crippen LogP contribution < -0.4 is 10.9 Å². The zero-order valence-corrected chi connectivity index (χ0v) is 12.9. The molecular formula is C13H12Cl4N2. The van der Waals surface area contributed by atoms with Crippen LogP contribution in [0.15, 0.2) is 42.5 Å². The van der Waals surface area contributed by atoms with Crippen molar-refractivity contribution in [3.8, 4) is 0 Å². The van der Waals surface area contributed by atoms with E-state index in [1.165, 1.54) is 0 Å². The minimum atomic E-state index is 0. The number of nitrogens with zero attached hydrogens (tertiary/aromatic N) is 1. The van der Waals surface area contributed by atoms with Gasteiger partial charge >= 0.3 is 0 Å². The third kappa shape index (κ3) is 4.44. The van der Waals surface area contributed by atoms with Crippen LogP contribution in [-0.2, 0) is 6.54 Å². The van der Waals surface area contributed by atoms with Crippen LogP contribution in [0.2, 0.25) is 15.1 Å². The predicted octanol–water partition coefficient (Wildman–Crippen LogP) is 4.95. The lowest BCUT2D eigenvalue weighted by Gasteiger charge is -2.20. The number of rotatable bonds is 3. The molecular weight excluding hydrogens is 326 g/mol. The Hall–Kier alpha value is -0.640. The number of halogens is 4. The Bertz CT molecular complexity index is 540. The molecule has 0 fully saturated rings. The highest BCUT2D eigenvalue weighted by Gasteiger charge is 2.07. The summed E-state index contributed by atoms with van der Waals surface area (Å²) in [4.78, 5) is 0. The van der Waals surface area contributed by atoms with E-state index in [1.54, 1.807) is 23.2 Å². The Morgan fingerprint density at radius 1 is 0.947 bits per heavy atom. The van der Waals surface area contributed by atoms with E-state index in [9.17, 15) is 0 Å². The molecule has 0 saturated heterocycles. The van der Waals surface area contributed by atoms with Gasteiger partial charge in [-0.1, -0.05) is 53.0 Å². The van der Waals surface area contributed by atoms with Crippen LogP contribution in [0.3, 0.4) is 0 Å². The maximum atomic E-state index is 6.08. The van der Waals surface area contributed by atoms with E-state index in [1.807, 2.05) is 24.3 Å². The van der Waals surface area contributed by atoms with Crippen molar-refractivity contribution >= 4 is 52.9 Å². The topological polar surface area (TPSA) is 29.3 Å². The van der Waals surface area contributed by atoms with Gasteiger partial charge in [0, 0.05) is 15.1 Å². The van der Waals surface area contributed by atoms with Crippen molar-refractivity contribution in [1.29, 1.82) is 0 Å². The maximum absolute atomic E-state index is 6.08. The van der Waals surface area contributed by atoms with E-state index >= 15 is 0 Å². The summed E-state index contributed by atoms with van der Waals surface area (Å²) < 4.78 is 0. The third-order valence-corrected chi connectivity index (χ3v) is 3.28. The van der Waals surface area contributed by atoms with Crippen molar-refractivity contribution in [2.45, 2.75) is 6.54 Å². The van der Waals surface area contributed by atoms with Crippen molar-refractivity contribution in [2.24, 2.45) is 5.84 Å². The van der Waals surface area contributed by atoms with Crippen LogP contribution in [0.4, 0.5) is 5.69 Å². The van der Waals surface area contributed by atoms with Crippen molar-refractivity contribution < 1.29 is 0 Å². The molecule has 19 heavy (non-hydrogen) atoms. The second kappa shape index (κ2) is 7.22. The summed E-state index contributed by atoms with van der Waals surface area (Å²) in [6, 6.07) is 12.7. The number of hydrogen-bond acceptors (Lipinski definition) is 2. The summed E-state index contributed by atoms with van der Waals surface area (Å²) in [5.74, 6) is 5.99. The van der Waals surface area contributed by atoms with Gasteiger partial charge in [-0.2, -0.15) is 0 Å². The molecule has 0 atom stereocenters. The van der Waals surface area contributed by atoms with Gasteiger partial charge in [0.1, 0.15) is 0 Å². The zero-order valence-electron chi connectivity index (χ0n) is 9.82. The first-order chi connectivity index (χ1) is 8.56. The van der Waals surface area contributed by atoms with E-state index in [0.29, 0.717) is 21.6 Å². The molecule has 6 heteroatoms. The van der Waals surface area contributed by atoms with Gasteiger partial charge in [0.2, 0.25) is 0 Å². The molecule has 0 saturated carbocycles. The molecule has 0 amide bonds. The second-order valence-corrected chi connectivity index (χ2v) is 5.13. The predicted molar refractivity (Wildman–Crippen MR) is 85.5 cm³/mol.